The summed E-state index contributed by atoms with van der Waals surface area (Å²) in [7, 11) is 0. The molecule has 1 fully saturated rings. The highest BCUT2D eigenvalue weighted by Gasteiger charge is 2.46. The molecule has 2 heterocycles. The van der Waals surface area contributed by atoms with Crippen LogP contribution in [-0.4, -0.2) is 5.11 Å². The van der Waals surface area contributed by atoms with Crippen LogP contribution < -0.4 is 0 Å². The van der Waals surface area contributed by atoms with Crippen LogP contribution in [0.5, 0.6) is 0 Å². The van der Waals surface area contributed by atoms with E-state index in [0.29, 0.717) is 16.2 Å². The predicted octanol–water partition coefficient (Wildman–Crippen LogP) is 3.81. The lowest BCUT2D eigenvalue weighted by Crippen LogP contribution is -2.05. The Balaban J connectivity index is 2.29. The Morgan fingerprint density at radius 3 is 2.41 bits per heavy atom. The third kappa shape index (κ3) is 1.10. The number of hydrogen-bond acceptors (Lipinski definition) is 3. The number of hydrogen-bond donors (Lipinski definition) is 1. The van der Waals surface area contributed by atoms with E-state index in [9.17, 15) is 5.11 Å². The second kappa shape index (κ2) is 2.86. The lowest BCUT2D eigenvalue weighted by molar-refractivity contribution is 0.153. The van der Waals surface area contributed by atoms with Crippen molar-refractivity contribution in [2.45, 2.75) is 18.4 Å². The fourth-order valence-electron chi connectivity index (χ4n) is 2.43. The van der Waals surface area contributed by atoms with Gasteiger partial charge >= 0.3 is 0 Å². The topological polar surface area (TPSA) is 46.5 Å². The van der Waals surface area contributed by atoms with Gasteiger partial charge in [0, 0.05) is 16.3 Å². The Kier molecular flexibility index (Phi) is 1.61. The molecule has 4 heteroatoms. The van der Waals surface area contributed by atoms with Crippen molar-refractivity contribution >= 4 is 33.5 Å². The number of halogens is 1. The van der Waals surface area contributed by atoms with Crippen molar-refractivity contribution in [1.82, 2.24) is 0 Å². The first-order valence-electron chi connectivity index (χ1n) is 5.49. The minimum Gasteiger partial charge on any atom is -0.464 e. The molecule has 3 nitrogen and oxygen atoms in total. The highest BCUT2D eigenvalue weighted by Crippen LogP contribution is 2.52. The second-order valence-electron chi connectivity index (χ2n) is 4.55. The van der Waals surface area contributed by atoms with Crippen LogP contribution in [0, 0.1) is 0 Å². The molecule has 1 aliphatic carbocycles. The zero-order chi connectivity index (χ0) is 11.6. The van der Waals surface area contributed by atoms with E-state index in [1.54, 1.807) is 18.6 Å². The van der Waals surface area contributed by atoms with Gasteiger partial charge in [0.25, 0.3) is 0 Å². The summed E-state index contributed by atoms with van der Waals surface area (Å²) in [4.78, 5) is 0. The molecule has 0 unspecified atom stereocenters. The first kappa shape index (κ1) is 9.57. The number of furan rings is 2. The monoisotopic (exact) mass is 248 g/mol. The summed E-state index contributed by atoms with van der Waals surface area (Å²) >= 11 is 6.26. The molecule has 0 radical (unpaired) electrons. The molecular formula is C13H9ClO3. The van der Waals surface area contributed by atoms with Crippen LogP contribution >= 0.6 is 11.6 Å². The van der Waals surface area contributed by atoms with E-state index >= 15 is 0 Å². The summed E-state index contributed by atoms with van der Waals surface area (Å²) in [5, 5.41) is 12.6. The van der Waals surface area contributed by atoms with Gasteiger partial charge in [-0.15, -0.1) is 0 Å². The van der Waals surface area contributed by atoms with Gasteiger partial charge in [-0.05, 0) is 25.0 Å². The number of rotatable bonds is 1. The molecule has 0 saturated heterocycles. The molecule has 0 amide bonds. The normalized spacial score (nSPS) is 18.0. The zero-order valence-electron chi connectivity index (χ0n) is 8.87. The molecule has 3 aromatic rings. The Morgan fingerprint density at radius 2 is 1.71 bits per heavy atom. The summed E-state index contributed by atoms with van der Waals surface area (Å²) in [6.07, 6.45) is 4.69. The van der Waals surface area contributed by atoms with Crippen LogP contribution in [0.1, 0.15) is 18.4 Å². The zero-order valence-corrected chi connectivity index (χ0v) is 9.62. The van der Waals surface area contributed by atoms with Gasteiger partial charge in [-0.3, -0.25) is 0 Å². The molecule has 2 aromatic heterocycles. The van der Waals surface area contributed by atoms with Crippen molar-refractivity contribution in [3.63, 3.8) is 0 Å². The maximum Gasteiger partial charge on any atom is 0.153 e. The highest BCUT2D eigenvalue weighted by molar-refractivity contribution is 6.40. The summed E-state index contributed by atoms with van der Waals surface area (Å²) in [5.41, 5.74) is 1.33. The third-order valence-corrected chi connectivity index (χ3v) is 3.83. The smallest absolute Gasteiger partial charge is 0.153 e. The molecule has 86 valence electrons. The third-order valence-electron chi connectivity index (χ3n) is 3.45. The molecular weight excluding hydrogens is 240 g/mol. The van der Waals surface area contributed by atoms with E-state index in [1.807, 2.05) is 6.07 Å². The Morgan fingerprint density at radius 1 is 1.06 bits per heavy atom. The fraction of sp³-hybridized carbons (Fsp3) is 0.231. The maximum absolute atomic E-state index is 10.4. The van der Waals surface area contributed by atoms with E-state index in [1.165, 1.54) is 0 Å². The molecule has 17 heavy (non-hydrogen) atoms. The van der Waals surface area contributed by atoms with Crippen molar-refractivity contribution in [1.29, 1.82) is 0 Å². The van der Waals surface area contributed by atoms with Gasteiger partial charge in [0.2, 0.25) is 0 Å². The highest BCUT2D eigenvalue weighted by atomic mass is 35.5. The van der Waals surface area contributed by atoms with Crippen LogP contribution in [0.2, 0.25) is 5.02 Å². The molecule has 1 aliphatic rings. The van der Waals surface area contributed by atoms with Crippen LogP contribution in [0.3, 0.4) is 0 Å². The van der Waals surface area contributed by atoms with Crippen LogP contribution in [0.4, 0.5) is 0 Å². The second-order valence-corrected chi connectivity index (χ2v) is 4.93. The molecule has 1 aromatic carbocycles. The van der Waals surface area contributed by atoms with Crippen LogP contribution in [0.25, 0.3) is 21.9 Å². The van der Waals surface area contributed by atoms with Gasteiger partial charge in [-0.1, -0.05) is 11.6 Å². The van der Waals surface area contributed by atoms with E-state index in [0.717, 1.165) is 29.2 Å². The van der Waals surface area contributed by atoms with E-state index in [-0.39, 0.29) is 0 Å². The van der Waals surface area contributed by atoms with Gasteiger partial charge in [-0.2, -0.15) is 0 Å². The number of aliphatic hydroxyl groups is 1. The predicted molar refractivity (Wildman–Crippen MR) is 64.1 cm³/mol. The fourth-order valence-corrected chi connectivity index (χ4v) is 2.72. The summed E-state index contributed by atoms with van der Waals surface area (Å²) in [6, 6.07) is 3.63. The van der Waals surface area contributed by atoms with Gasteiger partial charge in [0.05, 0.1) is 23.2 Å². The first-order valence-corrected chi connectivity index (χ1v) is 5.87. The van der Waals surface area contributed by atoms with Crippen molar-refractivity contribution in [3.05, 3.63) is 35.2 Å². The SMILES string of the molecule is OC1(c2c3ccoc3c(Cl)c3ccoc23)CC1. The van der Waals surface area contributed by atoms with Gasteiger partial charge in [-0.25, -0.2) is 0 Å². The van der Waals surface area contributed by atoms with Crippen LogP contribution in [-0.2, 0) is 5.60 Å². The van der Waals surface area contributed by atoms with Crippen molar-refractivity contribution in [2.24, 2.45) is 0 Å². The Hall–Kier alpha value is -1.45. The lowest BCUT2D eigenvalue weighted by atomic mass is 10.0. The minimum absolute atomic E-state index is 0.543. The Labute approximate surface area is 102 Å². The van der Waals surface area contributed by atoms with Crippen molar-refractivity contribution in [3.8, 4) is 0 Å². The average Bonchev–Trinajstić information content (AvgIpc) is 2.79. The largest absolute Gasteiger partial charge is 0.464 e. The molecule has 0 aliphatic heterocycles. The molecule has 0 spiro atoms. The number of benzene rings is 1. The van der Waals surface area contributed by atoms with Gasteiger partial charge in [0.15, 0.2) is 5.58 Å². The number of fused-ring (bicyclic) bond motifs is 2. The quantitative estimate of drug-likeness (QED) is 0.712. The first-order chi connectivity index (χ1) is 8.21. The van der Waals surface area contributed by atoms with Crippen molar-refractivity contribution < 1.29 is 13.9 Å². The lowest BCUT2D eigenvalue weighted by Gasteiger charge is -2.11. The van der Waals surface area contributed by atoms with E-state index in [4.69, 9.17) is 20.4 Å². The van der Waals surface area contributed by atoms with Crippen LogP contribution in [0.15, 0.2) is 33.5 Å². The summed E-state index contributed by atoms with van der Waals surface area (Å²) in [5.74, 6) is 0. The van der Waals surface area contributed by atoms with Crippen molar-refractivity contribution in [2.75, 3.05) is 0 Å². The maximum atomic E-state index is 10.4. The Bertz CT molecular complexity index is 682. The van der Waals surface area contributed by atoms with E-state index < -0.39 is 5.60 Å². The van der Waals surface area contributed by atoms with Gasteiger partial charge < -0.3 is 13.9 Å². The van der Waals surface area contributed by atoms with E-state index in [2.05, 4.69) is 0 Å². The average molecular weight is 249 g/mol. The molecule has 1 N–H and O–H groups in total. The minimum atomic E-state index is -0.775. The molecule has 1 saturated carbocycles. The summed E-state index contributed by atoms with van der Waals surface area (Å²) in [6.45, 7) is 0. The molecule has 4 rings (SSSR count). The standard InChI is InChI=1S/C13H9ClO3/c14-10-8-2-6-16-11(8)9(13(15)3-4-13)7-1-5-17-12(7)10/h1-2,5-6,15H,3-4H2. The van der Waals surface area contributed by atoms with Gasteiger partial charge in [0.1, 0.15) is 5.58 Å². The molecule has 0 atom stereocenters. The molecule has 0 bridgehead atoms. The summed E-state index contributed by atoms with van der Waals surface area (Å²) < 4.78 is 10.9.